The van der Waals surface area contributed by atoms with Crippen molar-refractivity contribution in [3.63, 3.8) is 0 Å². The molecule has 0 bridgehead atoms. The lowest BCUT2D eigenvalue weighted by molar-refractivity contribution is -0.133. The highest BCUT2D eigenvalue weighted by molar-refractivity contribution is 6.00. The van der Waals surface area contributed by atoms with Crippen LogP contribution in [0.4, 0.5) is 0 Å². The first-order chi connectivity index (χ1) is 17.0. The molecule has 0 radical (unpaired) electrons. The Kier molecular flexibility index (Phi) is 6.19. The van der Waals surface area contributed by atoms with Crippen molar-refractivity contribution in [2.45, 2.75) is 32.0 Å². The lowest BCUT2D eigenvalue weighted by Crippen LogP contribution is -2.64. The molecule has 3 aromatic carbocycles. The Hall–Kier alpha value is -4.19. The van der Waals surface area contributed by atoms with E-state index in [1.54, 1.807) is 9.58 Å². The van der Waals surface area contributed by atoms with Crippen molar-refractivity contribution >= 4 is 11.8 Å². The van der Waals surface area contributed by atoms with Crippen molar-refractivity contribution in [2.75, 3.05) is 6.54 Å². The molecule has 1 aliphatic rings. The van der Waals surface area contributed by atoms with Gasteiger partial charge in [0.15, 0.2) is 0 Å². The molecule has 1 aliphatic heterocycles. The summed E-state index contributed by atoms with van der Waals surface area (Å²) in [6.07, 6.45) is 0.661. The van der Waals surface area contributed by atoms with Gasteiger partial charge in [0.1, 0.15) is 11.2 Å². The number of nitrogens with one attached hydrogen (secondary N) is 1. The highest BCUT2D eigenvalue weighted by Crippen LogP contribution is 2.30. The molecule has 0 saturated heterocycles. The van der Waals surface area contributed by atoms with Crippen LogP contribution < -0.4 is 5.32 Å². The first-order valence-corrected chi connectivity index (χ1v) is 11.9. The number of nitrogens with zero attached hydrogens (tertiary/aromatic N) is 3. The molecule has 5 rings (SSSR count). The fraction of sp³-hybridized carbons (Fsp3) is 0.207. The number of carbonyl (C=O) groups is 2. The molecule has 1 atom stereocenters. The minimum atomic E-state index is -1.08. The van der Waals surface area contributed by atoms with E-state index in [1.165, 1.54) is 0 Å². The number of carbonyl (C=O) groups excluding carboxylic acids is 2. The topological polar surface area (TPSA) is 67.2 Å². The first-order valence-electron chi connectivity index (χ1n) is 11.9. The van der Waals surface area contributed by atoms with Gasteiger partial charge in [-0.2, -0.15) is 5.10 Å². The van der Waals surface area contributed by atoms with Crippen LogP contribution in [0.15, 0.2) is 97.1 Å². The number of rotatable bonds is 7. The number of hydrogen-bond acceptors (Lipinski definition) is 3. The van der Waals surface area contributed by atoms with Crippen LogP contribution in [-0.4, -0.2) is 38.6 Å². The van der Waals surface area contributed by atoms with Gasteiger partial charge in [-0.25, -0.2) is 0 Å². The summed E-state index contributed by atoms with van der Waals surface area (Å²) >= 11 is 0. The van der Waals surface area contributed by atoms with Crippen LogP contribution >= 0.6 is 0 Å². The Bertz CT molecular complexity index is 1320. The predicted octanol–water partition coefficient (Wildman–Crippen LogP) is 4.32. The molecule has 6 heteroatoms. The van der Waals surface area contributed by atoms with Gasteiger partial charge in [-0.1, -0.05) is 91.0 Å². The average Bonchev–Trinajstić information content (AvgIpc) is 3.33. The SMILES string of the molecule is C[C@@]1(C(=O)NCc2ccccc2)Cn2nc(-c3ccccc3)cc2C(=O)N1CCc1ccccc1. The van der Waals surface area contributed by atoms with Crippen molar-refractivity contribution in [1.82, 2.24) is 20.0 Å². The Morgan fingerprint density at radius 1 is 0.914 bits per heavy atom. The minimum absolute atomic E-state index is 0.181. The molecular formula is C29H28N4O2. The first kappa shape index (κ1) is 22.6. The normalized spacial score (nSPS) is 17.2. The number of benzene rings is 3. The maximum atomic E-state index is 13.8. The van der Waals surface area contributed by atoms with Gasteiger partial charge in [-0.3, -0.25) is 14.3 Å². The number of amides is 2. The van der Waals surface area contributed by atoms with Crippen LogP contribution in [0, 0.1) is 0 Å². The van der Waals surface area contributed by atoms with Crippen LogP contribution in [0.2, 0.25) is 0 Å². The zero-order chi connectivity index (χ0) is 24.3. The van der Waals surface area contributed by atoms with Gasteiger partial charge in [0.05, 0.1) is 12.2 Å². The van der Waals surface area contributed by atoms with Crippen molar-refractivity contribution in [3.8, 4) is 11.3 Å². The Labute approximate surface area is 205 Å². The molecule has 4 aromatic rings. The summed E-state index contributed by atoms with van der Waals surface area (Å²) in [4.78, 5) is 29.1. The standard InChI is InChI=1S/C29H28N4O2/c1-29(28(35)30-20-23-13-7-3-8-14-23)21-33-26(19-25(31-33)24-15-9-4-10-16-24)27(34)32(29)18-17-22-11-5-2-6-12-22/h2-16,19H,17-18,20-21H2,1H3,(H,30,35)/t29-/m0/s1. The van der Waals surface area contributed by atoms with E-state index >= 15 is 0 Å². The molecule has 35 heavy (non-hydrogen) atoms. The fourth-order valence-electron chi connectivity index (χ4n) is 4.60. The molecule has 6 nitrogen and oxygen atoms in total. The monoisotopic (exact) mass is 464 g/mol. The van der Waals surface area contributed by atoms with E-state index in [0.717, 1.165) is 22.4 Å². The highest BCUT2D eigenvalue weighted by atomic mass is 16.2. The molecule has 176 valence electrons. The van der Waals surface area contributed by atoms with Crippen molar-refractivity contribution in [1.29, 1.82) is 0 Å². The summed E-state index contributed by atoms with van der Waals surface area (Å²) in [5.41, 5.74) is 3.22. The molecule has 1 aromatic heterocycles. The van der Waals surface area contributed by atoms with Crippen LogP contribution in [0.5, 0.6) is 0 Å². The number of hydrogen-bond donors (Lipinski definition) is 1. The van der Waals surface area contributed by atoms with Crippen molar-refractivity contribution < 1.29 is 9.59 Å². The number of fused-ring (bicyclic) bond motifs is 1. The molecule has 0 spiro atoms. The molecule has 0 fully saturated rings. The van der Waals surface area contributed by atoms with E-state index in [1.807, 2.05) is 104 Å². The maximum absolute atomic E-state index is 13.8. The van der Waals surface area contributed by atoms with E-state index < -0.39 is 5.54 Å². The van der Waals surface area contributed by atoms with E-state index in [4.69, 9.17) is 5.10 Å². The second-order valence-electron chi connectivity index (χ2n) is 9.07. The summed E-state index contributed by atoms with van der Waals surface area (Å²) in [5.74, 6) is -0.371. The summed E-state index contributed by atoms with van der Waals surface area (Å²) in [7, 11) is 0. The fourth-order valence-corrected chi connectivity index (χ4v) is 4.60. The van der Waals surface area contributed by atoms with Crippen LogP contribution in [-0.2, 0) is 24.3 Å². The third-order valence-corrected chi connectivity index (χ3v) is 6.62. The Morgan fingerprint density at radius 3 is 2.17 bits per heavy atom. The lowest BCUT2D eigenvalue weighted by Gasteiger charge is -2.43. The van der Waals surface area contributed by atoms with Crippen molar-refractivity contribution in [3.05, 3.63) is 114 Å². The van der Waals surface area contributed by atoms with Crippen LogP contribution in [0.25, 0.3) is 11.3 Å². The van der Waals surface area contributed by atoms with Gasteiger partial charge in [0.25, 0.3) is 5.91 Å². The summed E-state index contributed by atoms with van der Waals surface area (Å²) in [5, 5.41) is 7.76. The van der Waals surface area contributed by atoms with Gasteiger partial charge in [-0.05, 0) is 30.5 Å². The third kappa shape index (κ3) is 4.60. The summed E-state index contributed by atoms with van der Waals surface area (Å²) < 4.78 is 1.69. The molecule has 1 N–H and O–H groups in total. The lowest BCUT2D eigenvalue weighted by atomic mass is 9.94. The quantitative estimate of drug-likeness (QED) is 0.443. The molecule has 2 amide bonds. The van der Waals surface area contributed by atoms with Crippen LogP contribution in [0.1, 0.15) is 28.5 Å². The summed E-state index contributed by atoms with van der Waals surface area (Å²) in [6.45, 7) is 2.96. The van der Waals surface area contributed by atoms with E-state index in [9.17, 15) is 9.59 Å². The second kappa shape index (κ2) is 9.58. The Balaban J connectivity index is 1.45. The number of aromatic nitrogens is 2. The summed E-state index contributed by atoms with van der Waals surface area (Å²) in [6, 6.07) is 31.4. The van der Waals surface area contributed by atoms with Gasteiger partial charge in [0, 0.05) is 18.7 Å². The molecule has 2 heterocycles. The Morgan fingerprint density at radius 2 is 1.51 bits per heavy atom. The highest BCUT2D eigenvalue weighted by Gasteiger charge is 2.47. The van der Waals surface area contributed by atoms with Gasteiger partial charge in [0.2, 0.25) is 5.91 Å². The zero-order valence-electron chi connectivity index (χ0n) is 19.7. The minimum Gasteiger partial charge on any atom is -0.350 e. The molecule has 0 saturated carbocycles. The van der Waals surface area contributed by atoms with Crippen molar-refractivity contribution in [2.24, 2.45) is 0 Å². The maximum Gasteiger partial charge on any atom is 0.273 e. The van der Waals surface area contributed by atoms with Gasteiger partial charge < -0.3 is 10.2 Å². The van der Waals surface area contributed by atoms with Gasteiger partial charge >= 0.3 is 0 Å². The molecule has 0 aliphatic carbocycles. The zero-order valence-corrected chi connectivity index (χ0v) is 19.7. The predicted molar refractivity (Wildman–Crippen MR) is 136 cm³/mol. The molecule has 0 unspecified atom stereocenters. The third-order valence-electron chi connectivity index (χ3n) is 6.62. The largest absolute Gasteiger partial charge is 0.350 e. The molecular weight excluding hydrogens is 436 g/mol. The van der Waals surface area contributed by atoms with E-state index in [0.29, 0.717) is 25.2 Å². The van der Waals surface area contributed by atoms with Crippen LogP contribution in [0.3, 0.4) is 0 Å². The average molecular weight is 465 g/mol. The van der Waals surface area contributed by atoms with Gasteiger partial charge in [-0.15, -0.1) is 0 Å². The van der Waals surface area contributed by atoms with E-state index in [-0.39, 0.29) is 18.4 Å². The van der Waals surface area contributed by atoms with E-state index in [2.05, 4.69) is 5.32 Å². The smallest absolute Gasteiger partial charge is 0.273 e. The second-order valence-corrected chi connectivity index (χ2v) is 9.07.